The molecule has 2 aromatic rings. The number of halogens is 3. The standard InChI is InChI=1S/C19H20F3NO3/c1-2-25-26-13-18(24)17-10-16(19(20,21)22)9-8-15(17)12-23-11-14-6-4-3-5-7-14/h3-10,23H,2,11-13H2,1H3. The maximum absolute atomic E-state index is 13.0. The first-order chi connectivity index (χ1) is 12.4. The zero-order valence-corrected chi connectivity index (χ0v) is 14.3. The number of alkyl halides is 3. The first-order valence-corrected chi connectivity index (χ1v) is 8.14. The summed E-state index contributed by atoms with van der Waals surface area (Å²) in [6.07, 6.45) is -4.52. The fourth-order valence-corrected chi connectivity index (χ4v) is 2.36. The first-order valence-electron chi connectivity index (χ1n) is 8.14. The van der Waals surface area contributed by atoms with Gasteiger partial charge in [0, 0.05) is 18.7 Å². The van der Waals surface area contributed by atoms with Crippen LogP contribution in [0, 0.1) is 0 Å². The van der Waals surface area contributed by atoms with E-state index >= 15 is 0 Å². The molecule has 0 fully saturated rings. The minimum Gasteiger partial charge on any atom is -0.309 e. The number of benzene rings is 2. The predicted molar refractivity (Wildman–Crippen MR) is 90.3 cm³/mol. The summed E-state index contributed by atoms with van der Waals surface area (Å²) in [5, 5.41) is 3.13. The van der Waals surface area contributed by atoms with Crippen LogP contribution in [0.3, 0.4) is 0 Å². The molecule has 0 aromatic heterocycles. The Kier molecular flexibility index (Phi) is 7.32. The summed E-state index contributed by atoms with van der Waals surface area (Å²) < 4.78 is 38.9. The van der Waals surface area contributed by atoms with Crippen molar-refractivity contribution in [3.05, 3.63) is 70.8 Å². The van der Waals surface area contributed by atoms with E-state index < -0.39 is 24.1 Å². The Morgan fingerprint density at radius 3 is 2.42 bits per heavy atom. The second kappa shape index (κ2) is 9.47. The Morgan fingerprint density at radius 2 is 1.77 bits per heavy atom. The Bertz CT molecular complexity index is 718. The fraction of sp³-hybridized carbons (Fsp3) is 0.316. The van der Waals surface area contributed by atoms with Gasteiger partial charge < -0.3 is 5.32 Å². The number of rotatable bonds is 9. The highest BCUT2D eigenvalue weighted by atomic mass is 19.4. The van der Waals surface area contributed by atoms with E-state index in [-0.39, 0.29) is 18.7 Å². The molecule has 0 unspecified atom stereocenters. The minimum absolute atomic E-state index is 0.0277. The van der Waals surface area contributed by atoms with Crippen molar-refractivity contribution in [1.82, 2.24) is 5.32 Å². The van der Waals surface area contributed by atoms with Crippen LogP contribution in [-0.2, 0) is 29.0 Å². The van der Waals surface area contributed by atoms with Gasteiger partial charge >= 0.3 is 6.18 Å². The lowest BCUT2D eigenvalue weighted by atomic mass is 10.00. The third-order valence-electron chi connectivity index (χ3n) is 3.62. The predicted octanol–water partition coefficient (Wildman–Crippen LogP) is 4.15. The molecule has 0 amide bonds. The molecule has 0 aliphatic heterocycles. The molecule has 0 atom stereocenters. The van der Waals surface area contributed by atoms with E-state index in [0.29, 0.717) is 12.1 Å². The van der Waals surface area contributed by atoms with E-state index in [1.54, 1.807) is 6.92 Å². The third kappa shape index (κ3) is 5.94. The van der Waals surface area contributed by atoms with Gasteiger partial charge in [0.15, 0.2) is 5.78 Å². The highest BCUT2D eigenvalue weighted by Gasteiger charge is 2.31. The van der Waals surface area contributed by atoms with E-state index in [2.05, 4.69) is 10.2 Å². The van der Waals surface area contributed by atoms with Gasteiger partial charge in [0.2, 0.25) is 0 Å². The van der Waals surface area contributed by atoms with Crippen LogP contribution in [0.2, 0.25) is 0 Å². The van der Waals surface area contributed by atoms with Gasteiger partial charge in [-0.2, -0.15) is 13.2 Å². The van der Waals surface area contributed by atoms with Gasteiger partial charge in [-0.3, -0.25) is 4.79 Å². The zero-order valence-electron chi connectivity index (χ0n) is 14.3. The molecule has 140 valence electrons. The molecule has 0 aliphatic rings. The SMILES string of the molecule is CCOOCC(=O)c1cc(C(F)(F)F)ccc1CNCc1ccccc1. The van der Waals surface area contributed by atoms with Crippen molar-refractivity contribution in [3.63, 3.8) is 0 Å². The molecule has 0 saturated carbocycles. The monoisotopic (exact) mass is 367 g/mol. The van der Waals surface area contributed by atoms with Gasteiger partial charge in [-0.05, 0) is 30.2 Å². The quantitative estimate of drug-likeness (QED) is 0.313. The smallest absolute Gasteiger partial charge is 0.309 e. The Labute approximate surface area is 149 Å². The average molecular weight is 367 g/mol. The second-order valence-electron chi connectivity index (χ2n) is 5.55. The Morgan fingerprint density at radius 1 is 1.04 bits per heavy atom. The normalized spacial score (nSPS) is 11.5. The van der Waals surface area contributed by atoms with Crippen LogP contribution in [0.5, 0.6) is 0 Å². The Hall–Kier alpha value is -2.22. The number of nitrogens with one attached hydrogen (secondary N) is 1. The number of ketones is 1. The lowest BCUT2D eigenvalue weighted by molar-refractivity contribution is -0.281. The van der Waals surface area contributed by atoms with Crippen LogP contribution < -0.4 is 5.32 Å². The second-order valence-corrected chi connectivity index (χ2v) is 5.55. The fourth-order valence-electron chi connectivity index (χ4n) is 2.36. The maximum Gasteiger partial charge on any atom is 0.416 e. The van der Waals surface area contributed by atoms with E-state index in [4.69, 9.17) is 4.89 Å². The summed E-state index contributed by atoms with van der Waals surface area (Å²) in [6, 6.07) is 12.7. The summed E-state index contributed by atoms with van der Waals surface area (Å²) in [5.41, 5.74) is 0.607. The van der Waals surface area contributed by atoms with Gasteiger partial charge in [0.1, 0.15) is 6.61 Å². The summed E-state index contributed by atoms with van der Waals surface area (Å²) in [5.74, 6) is -0.568. The molecule has 0 aliphatic carbocycles. The summed E-state index contributed by atoms with van der Waals surface area (Å²) in [7, 11) is 0. The van der Waals surface area contributed by atoms with E-state index in [9.17, 15) is 18.0 Å². The van der Waals surface area contributed by atoms with Gasteiger partial charge in [-0.15, -0.1) is 0 Å². The van der Waals surface area contributed by atoms with E-state index in [0.717, 1.165) is 17.7 Å². The molecule has 1 N–H and O–H groups in total. The molecular formula is C19H20F3NO3. The van der Waals surface area contributed by atoms with Crippen LogP contribution in [0.1, 0.15) is 34.0 Å². The van der Waals surface area contributed by atoms with Crippen LogP contribution >= 0.6 is 0 Å². The molecule has 0 spiro atoms. The summed E-state index contributed by atoms with van der Waals surface area (Å²) >= 11 is 0. The van der Waals surface area contributed by atoms with Crippen LogP contribution in [0.25, 0.3) is 0 Å². The van der Waals surface area contributed by atoms with Crippen molar-refractivity contribution in [2.75, 3.05) is 13.2 Å². The van der Waals surface area contributed by atoms with Gasteiger partial charge in [0.25, 0.3) is 0 Å². The molecule has 0 saturated heterocycles. The van der Waals surface area contributed by atoms with Crippen molar-refractivity contribution >= 4 is 5.78 Å². The topological polar surface area (TPSA) is 47.6 Å². The largest absolute Gasteiger partial charge is 0.416 e. The van der Waals surface area contributed by atoms with Gasteiger partial charge in [0.05, 0.1) is 12.2 Å². The molecule has 0 radical (unpaired) electrons. The van der Waals surface area contributed by atoms with Crippen LogP contribution in [0.4, 0.5) is 13.2 Å². The Balaban J connectivity index is 2.13. The molecular weight excluding hydrogens is 347 g/mol. The molecule has 2 rings (SSSR count). The molecule has 26 heavy (non-hydrogen) atoms. The summed E-state index contributed by atoms with van der Waals surface area (Å²) in [4.78, 5) is 21.6. The zero-order chi connectivity index (χ0) is 19.0. The molecule has 4 nitrogen and oxygen atoms in total. The van der Waals surface area contributed by atoms with Gasteiger partial charge in [-0.25, -0.2) is 9.78 Å². The highest BCUT2D eigenvalue weighted by Crippen LogP contribution is 2.30. The summed E-state index contributed by atoms with van der Waals surface area (Å²) in [6.45, 7) is 2.25. The van der Waals surface area contributed by atoms with Crippen LogP contribution in [-0.4, -0.2) is 19.0 Å². The van der Waals surface area contributed by atoms with Crippen molar-refractivity contribution in [2.24, 2.45) is 0 Å². The number of hydrogen-bond acceptors (Lipinski definition) is 4. The van der Waals surface area contributed by atoms with Gasteiger partial charge in [-0.1, -0.05) is 36.4 Å². The number of carbonyl (C=O) groups is 1. The van der Waals surface area contributed by atoms with E-state index in [1.807, 2.05) is 30.3 Å². The maximum atomic E-state index is 13.0. The van der Waals surface area contributed by atoms with E-state index in [1.165, 1.54) is 6.07 Å². The van der Waals surface area contributed by atoms with Crippen molar-refractivity contribution in [2.45, 2.75) is 26.2 Å². The number of carbonyl (C=O) groups excluding carboxylic acids is 1. The highest BCUT2D eigenvalue weighted by molar-refractivity contribution is 5.98. The molecule has 0 heterocycles. The van der Waals surface area contributed by atoms with Crippen molar-refractivity contribution in [1.29, 1.82) is 0 Å². The molecule has 7 heteroatoms. The lowest BCUT2D eigenvalue weighted by Gasteiger charge is -2.14. The number of hydrogen-bond donors (Lipinski definition) is 1. The first kappa shape index (κ1) is 20.1. The lowest BCUT2D eigenvalue weighted by Crippen LogP contribution is -2.19. The number of Topliss-reactive ketones (excluding diaryl/α,β-unsaturated/α-hetero) is 1. The minimum atomic E-state index is -4.52. The third-order valence-corrected chi connectivity index (χ3v) is 3.62. The average Bonchev–Trinajstić information content (AvgIpc) is 2.62. The van der Waals surface area contributed by atoms with Crippen LogP contribution in [0.15, 0.2) is 48.5 Å². The van der Waals surface area contributed by atoms with Crippen molar-refractivity contribution in [3.8, 4) is 0 Å². The van der Waals surface area contributed by atoms with Crippen molar-refractivity contribution < 1.29 is 27.7 Å². The molecule has 0 bridgehead atoms. The molecule has 2 aromatic carbocycles.